The Bertz CT molecular complexity index is 1100. The van der Waals surface area contributed by atoms with E-state index in [1.165, 1.54) is 27.9 Å². The summed E-state index contributed by atoms with van der Waals surface area (Å²) in [5, 5.41) is 1.87. The van der Waals surface area contributed by atoms with Crippen LogP contribution < -0.4 is 21.9 Å². The summed E-state index contributed by atoms with van der Waals surface area (Å²) in [7, 11) is 1.50. The fourth-order valence-corrected chi connectivity index (χ4v) is 4.56. The molecule has 2 aromatic rings. The first-order valence-corrected chi connectivity index (χ1v) is 12.1. The zero-order valence-electron chi connectivity index (χ0n) is 19.8. The van der Waals surface area contributed by atoms with Crippen LogP contribution in [-0.2, 0) is 16.1 Å². The van der Waals surface area contributed by atoms with E-state index in [0.29, 0.717) is 37.6 Å². The van der Waals surface area contributed by atoms with Gasteiger partial charge in [0.1, 0.15) is 5.82 Å². The molecule has 0 aromatic carbocycles. The Labute approximate surface area is 201 Å². The van der Waals surface area contributed by atoms with Crippen molar-refractivity contribution < 1.29 is 14.3 Å². The molecule has 0 aliphatic carbocycles. The van der Waals surface area contributed by atoms with E-state index in [1.807, 2.05) is 30.2 Å². The van der Waals surface area contributed by atoms with E-state index >= 15 is 0 Å². The molecule has 0 unspecified atom stereocenters. The predicted molar refractivity (Wildman–Crippen MR) is 131 cm³/mol. The van der Waals surface area contributed by atoms with Crippen molar-refractivity contribution in [3.8, 4) is 0 Å². The van der Waals surface area contributed by atoms with Gasteiger partial charge >= 0.3 is 5.69 Å². The molecule has 3 heterocycles. The fraction of sp³-hybridized carbons (Fsp3) is 0.545. The zero-order chi connectivity index (χ0) is 24.8. The van der Waals surface area contributed by atoms with Gasteiger partial charge in [0, 0.05) is 46.4 Å². The molecule has 1 fully saturated rings. The third kappa shape index (κ3) is 5.93. The monoisotopic (exact) mass is 492 g/mol. The first kappa shape index (κ1) is 25.7. The summed E-state index contributed by atoms with van der Waals surface area (Å²) >= 11 is 1.41. The molecule has 1 saturated heterocycles. The summed E-state index contributed by atoms with van der Waals surface area (Å²) in [6.07, 6.45) is 0. The van der Waals surface area contributed by atoms with Crippen LogP contribution in [0.3, 0.4) is 0 Å². The number of nitrogens with two attached hydrogens (primary N) is 1. The molecule has 2 aromatic heterocycles. The first-order valence-electron chi connectivity index (χ1n) is 11.2. The highest BCUT2D eigenvalue weighted by molar-refractivity contribution is 7.12. The lowest BCUT2D eigenvalue weighted by atomic mass is 10.2. The van der Waals surface area contributed by atoms with Crippen molar-refractivity contribution >= 4 is 34.7 Å². The second kappa shape index (κ2) is 11.4. The topological polar surface area (TPSA) is 134 Å². The maximum absolute atomic E-state index is 13.3. The minimum Gasteiger partial charge on any atom is -0.383 e. The highest BCUT2D eigenvalue weighted by Crippen LogP contribution is 2.19. The van der Waals surface area contributed by atoms with Gasteiger partial charge in [-0.2, -0.15) is 0 Å². The second-order valence-electron chi connectivity index (χ2n) is 8.58. The van der Waals surface area contributed by atoms with Gasteiger partial charge in [-0.1, -0.05) is 19.9 Å². The van der Waals surface area contributed by atoms with E-state index in [-0.39, 0.29) is 48.9 Å². The molecule has 186 valence electrons. The Morgan fingerprint density at radius 2 is 1.94 bits per heavy atom. The average molecular weight is 493 g/mol. The van der Waals surface area contributed by atoms with Gasteiger partial charge in [0.2, 0.25) is 5.91 Å². The van der Waals surface area contributed by atoms with Crippen molar-refractivity contribution in [2.45, 2.75) is 20.4 Å². The lowest BCUT2D eigenvalue weighted by Crippen LogP contribution is -2.52. The molecule has 3 N–H and O–H groups in total. The fourth-order valence-electron chi connectivity index (χ4n) is 3.87. The van der Waals surface area contributed by atoms with Crippen LogP contribution in [0.2, 0.25) is 0 Å². The maximum atomic E-state index is 13.3. The minimum absolute atomic E-state index is 0.00517. The Hall–Kier alpha value is -2.96. The number of aromatic amines is 1. The van der Waals surface area contributed by atoms with Gasteiger partial charge in [0.05, 0.1) is 18.0 Å². The molecule has 12 heteroatoms. The number of nitrogen functional groups attached to an aromatic ring is 1. The van der Waals surface area contributed by atoms with Crippen molar-refractivity contribution in [3.05, 3.63) is 43.2 Å². The lowest BCUT2D eigenvalue weighted by Gasteiger charge is -2.35. The minimum atomic E-state index is -0.710. The Morgan fingerprint density at radius 3 is 2.53 bits per heavy atom. The summed E-state index contributed by atoms with van der Waals surface area (Å²) < 4.78 is 6.42. The number of carbonyl (C=O) groups excluding carboxylic acids is 2. The van der Waals surface area contributed by atoms with Gasteiger partial charge in [-0.05, 0) is 17.4 Å². The van der Waals surface area contributed by atoms with Gasteiger partial charge in [-0.25, -0.2) is 4.79 Å². The number of nitrogens with one attached hydrogen (secondary N) is 1. The van der Waals surface area contributed by atoms with Crippen molar-refractivity contribution in [3.63, 3.8) is 0 Å². The SMILES string of the molecule is COCCN(C(=O)CN1CCN(C(=O)c2cccs2)CC1)c1c(N)n(CC(C)C)c(=O)[nH]c1=O. The van der Waals surface area contributed by atoms with Crippen LogP contribution in [0.1, 0.15) is 23.5 Å². The number of ether oxygens (including phenoxy) is 1. The third-order valence-corrected chi connectivity index (χ3v) is 6.46. The number of carbonyl (C=O) groups is 2. The van der Waals surface area contributed by atoms with E-state index < -0.39 is 11.2 Å². The van der Waals surface area contributed by atoms with E-state index in [4.69, 9.17) is 10.5 Å². The smallest absolute Gasteiger partial charge is 0.330 e. The molecule has 0 atom stereocenters. The van der Waals surface area contributed by atoms with Crippen LogP contribution in [0.15, 0.2) is 27.1 Å². The molecule has 34 heavy (non-hydrogen) atoms. The van der Waals surface area contributed by atoms with Crippen molar-refractivity contribution in [2.75, 3.05) is 63.6 Å². The van der Waals surface area contributed by atoms with Crippen molar-refractivity contribution in [2.24, 2.45) is 5.92 Å². The maximum Gasteiger partial charge on any atom is 0.330 e. The van der Waals surface area contributed by atoms with Crippen LogP contribution in [0.4, 0.5) is 11.5 Å². The largest absolute Gasteiger partial charge is 0.383 e. The number of nitrogens with zero attached hydrogens (tertiary/aromatic N) is 4. The normalized spacial score (nSPS) is 14.5. The number of rotatable bonds is 9. The standard InChI is InChI=1S/C22H32N6O5S/c1-15(2)13-28-19(23)18(20(30)24-22(28)32)27(10-11-33-3)17(29)14-25-6-8-26(9-7-25)21(31)16-5-4-12-34-16/h4-5,12,15H,6-11,13-14,23H2,1-3H3,(H,24,30,32). The molecule has 3 rings (SSSR count). The Kier molecular flexibility index (Phi) is 8.64. The molecule has 0 spiro atoms. The van der Waals surface area contributed by atoms with E-state index in [2.05, 4.69) is 4.98 Å². The predicted octanol–water partition coefficient (Wildman–Crippen LogP) is 0.274. The van der Waals surface area contributed by atoms with Crippen molar-refractivity contribution in [1.82, 2.24) is 19.4 Å². The number of anilines is 2. The number of amides is 2. The Morgan fingerprint density at radius 1 is 1.24 bits per heavy atom. The van der Waals surface area contributed by atoms with Crippen LogP contribution >= 0.6 is 11.3 Å². The summed E-state index contributed by atoms with van der Waals surface area (Å²) in [4.78, 5) is 58.8. The van der Waals surface area contributed by atoms with Crippen LogP contribution in [0, 0.1) is 5.92 Å². The molecule has 11 nitrogen and oxygen atoms in total. The van der Waals surface area contributed by atoms with Crippen LogP contribution in [0.25, 0.3) is 0 Å². The van der Waals surface area contributed by atoms with Gasteiger partial charge < -0.3 is 20.3 Å². The molecule has 0 radical (unpaired) electrons. The molecule has 1 aliphatic rings. The molecular weight excluding hydrogens is 460 g/mol. The molecular formula is C22H32N6O5S. The number of thiophene rings is 1. The molecule has 0 bridgehead atoms. The third-order valence-electron chi connectivity index (χ3n) is 5.60. The number of hydrogen-bond donors (Lipinski definition) is 2. The summed E-state index contributed by atoms with van der Waals surface area (Å²) in [5.41, 5.74) is 4.86. The summed E-state index contributed by atoms with van der Waals surface area (Å²) in [6.45, 7) is 6.57. The molecule has 2 amide bonds. The number of aromatic nitrogens is 2. The van der Waals surface area contributed by atoms with E-state index in [9.17, 15) is 19.2 Å². The van der Waals surface area contributed by atoms with E-state index in [1.54, 1.807) is 11.0 Å². The highest BCUT2D eigenvalue weighted by atomic mass is 32.1. The summed E-state index contributed by atoms with van der Waals surface area (Å²) in [6, 6.07) is 3.65. The number of H-pyrrole nitrogens is 1. The van der Waals surface area contributed by atoms with Crippen LogP contribution in [0.5, 0.6) is 0 Å². The van der Waals surface area contributed by atoms with Crippen LogP contribution in [-0.4, -0.2) is 84.2 Å². The average Bonchev–Trinajstić information content (AvgIpc) is 3.33. The number of methoxy groups -OCH3 is 1. The van der Waals surface area contributed by atoms with E-state index in [0.717, 1.165) is 0 Å². The van der Waals surface area contributed by atoms with Gasteiger partial charge in [-0.3, -0.25) is 28.8 Å². The second-order valence-corrected chi connectivity index (χ2v) is 9.53. The lowest BCUT2D eigenvalue weighted by molar-refractivity contribution is -0.120. The first-order chi connectivity index (χ1) is 16.2. The number of piperazine rings is 1. The Balaban J connectivity index is 1.75. The highest BCUT2D eigenvalue weighted by Gasteiger charge is 2.28. The zero-order valence-corrected chi connectivity index (χ0v) is 20.6. The van der Waals surface area contributed by atoms with Gasteiger partial charge in [0.25, 0.3) is 11.5 Å². The van der Waals surface area contributed by atoms with Gasteiger partial charge in [-0.15, -0.1) is 11.3 Å². The number of hydrogen-bond acceptors (Lipinski definition) is 8. The molecule has 0 saturated carbocycles. The molecule has 1 aliphatic heterocycles. The van der Waals surface area contributed by atoms with Gasteiger partial charge in [0.15, 0.2) is 5.69 Å². The van der Waals surface area contributed by atoms with Crippen molar-refractivity contribution in [1.29, 1.82) is 0 Å². The quantitative estimate of drug-likeness (QED) is 0.513. The summed E-state index contributed by atoms with van der Waals surface area (Å²) in [5.74, 6) is -0.273.